The van der Waals surface area contributed by atoms with Crippen molar-refractivity contribution in [2.45, 2.75) is 25.8 Å². The van der Waals surface area contributed by atoms with E-state index in [4.69, 9.17) is 0 Å². The molecule has 0 aliphatic heterocycles. The second-order valence-corrected chi connectivity index (χ2v) is 8.16. The minimum Gasteiger partial charge on any atom is -0.350 e. The maximum atomic E-state index is 12.6. The second kappa shape index (κ2) is 8.16. The molecule has 0 saturated carbocycles. The third-order valence-corrected chi connectivity index (χ3v) is 5.26. The average molecular weight is 360 g/mol. The van der Waals surface area contributed by atoms with Crippen LogP contribution in [-0.4, -0.2) is 33.7 Å². The zero-order valence-electron chi connectivity index (χ0n) is 14.8. The van der Waals surface area contributed by atoms with Gasteiger partial charge in [-0.2, -0.15) is 0 Å². The molecule has 1 unspecified atom stereocenters. The molecule has 0 aromatic heterocycles. The number of hydrogen-bond acceptors (Lipinski definition) is 3. The summed E-state index contributed by atoms with van der Waals surface area (Å²) in [5, 5.41) is 2.95. The first-order valence-electron chi connectivity index (χ1n) is 8.16. The van der Waals surface area contributed by atoms with Gasteiger partial charge in [0.1, 0.15) is 0 Å². The number of rotatable bonds is 7. The van der Waals surface area contributed by atoms with Crippen LogP contribution in [0.1, 0.15) is 29.3 Å². The van der Waals surface area contributed by atoms with E-state index < -0.39 is 10.0 Å². The molecular weight excluding hydrogens is 336 g/mol. The quantitative estimate of drug-likeness (QED) is 0.826. The van der Waals surface area contributed by atoms with Crippen LogP contribution >= 0.6 is 0 Å². The van der Waals surface area contributed by atoms with Gasteiger partial charge in [-0.25, -0.2) is 8.42 Å². The van der Waals surface area contributed by atoms with Crippen molar-refractivity contribution in [2.75, 3.05) is 17.6 Å². The Kier molecular flexibility index (Phi) is 6.20. The normalized spacial score (nSPS) is 12.4. The van der Waals surface area contributed by atoms with Crippen LogP contribution < -0.4 is 9.62 Å². The Hall–Kier alpha value is -2.34. The fourth-order valence-corrected chi connectivity index (χ4v) is 3.04. The van der Waals surface area contributed by atoms with Crippen molar-refractivity contribution in [3.05, 3.63) is 65.7 Å². The van der Waals surface area contributed by atoms with Crippen LogP contribution in [0.5, 0.6) is 0 Å². The summed E-state index contributed by atoms with van der Waals surface area (Å²) in [6.07, 6.45) is 2.79. The number of hydrogen-bond donors (Lipinski definition) is 1. The van der Waals surface area contributed by atoms with E-state index in [1.54, 1.807) is 24.3 Å². The summed E-state index contributed by atoms with van der Waals surface area (Å²) >= 11 is 0. The number of benzene rings is 2. The summed E-state index contributed by atoms with van der Waals surface area (Å²) in [7, 11) is -1.99. The van der Waals surface area contributed by atoms with Crippen LogP contribution in [0.25, 0.3) is 0 Å². The van der Waals surface area contributed by atoms with Crippen LogP contribution in [0.15, 0.2) is 54.6 Å². The number of carbonyl (C=O) groups excluding carboxylic acids is 1. The van der Waals surface area contributed by atoms with Gasteiger partial charge in [0.25, 0.3) is 5.91 Å². The Morgan fingerprint density at radius 1 is 1.08 bits per heavy atom. The SMILES string of the molecule is CC(CCc1ccccc1)NC(=O)c1ccccc1N(C)S(C)(=O)=O. The highest BCUT2D eigenvalue weighted by Gasteiger charge is 2.20. The Morgan fingerprint density at radius 2 is 1.68 bits per heavy atom. The molecule has 25 heavy (non-hydrogen) atoms. The van der Waals surface area contributed by atoms with Crippen molar-refractivity contribution in [3.63, 3.8) is 0 Å². The molecule has 0 spiro atoms. The van der Waals surface area contributed by atoms with Gasteiger partial charge in [-0.1, -0.05) is 42.5 Å². The Bertz CT molecular complexity index is 820. The first-order valence-corrected chi connectivity index (χ1v) is 10.0. The number of amides is 1. The lowest BCUT2D eigenvalue weighted by Crippen LogP contribution is -2.35. The van der Waals surface area contributed by atoms with Gasteiger partial charge in [-0.05, 0) is 37.5 Å². The molecule has 1 atom stereocenters. The molecule has 0 saturated heterocycles. The van der Waals surface area contributed by atoms with Gasteiger partial charge in [0.05, 0.1) is 17.5 Å². The van der Waals surface area contributed by atoms with Gasteiger partial charge in [-0.3, -0.25) is 9.10 Å². The van der Waals surface area contributed by atoms with Crippen LogP contribution in [-0.2, 0) is 16.4 Å². The third kappa shape index (κ3) is 5.32. The topological polar surface area (TPSA) is 66.5 Å². The van der Waals surface area contributed by atoms with Gasteiger partial charge >= 0.3 is 0 Å². The molecular formula is C19H24N2O3S. The Labute approximate surface area is 149 Å². The maximum Gasteiger partial charge on any atom is 0.253 e. The monoisotopic (exact) mass is 360 g/mol. The van der Waals surface area contributed by atoms with E-state index in [0.29, 0.717) is 11.3 Å². The van der Waals surface area contributed by atoms with E-state index in [1.165, 1.54) is 12.6 Å². The molecule has 134 valence electrons. The molecule has 6 heteroatoms. The standard InChI is InChI=1S/C19H24N2O3S/c1-15(13-14-16-9-5-4-6-10-16)20-19(22)17-11-7-8-12-18(17)21(2)25(3,23)24/h4-12,15H,13-14H2,1-3H3,(H,20,22). The molecule has 0 bridgehead atoms. The molecule has 2 rings (SSSR count). The summed E-state index contributed by atoms with van der Waals surface area (Å²) in [5.41, 5.74) is 1.94. The molecule has 1 amide bonds. The molecule has 0 aliphatic rings. The highest BCUT2D eigenvalue weighted by molar-refractivity contribution is 7.92. The summed E-state index contributed by atoms with van der Waals surface area (Å²) in [6.45, 7) is 1.95. The lowest BCUT2D eigenvalue weighted by Gasteiger charge is -2.21. The van der Waals surface area contributed by atoms with E-state index >= 15 is 0 Å². The average Bonchev–Trinajstić information content (AvgIpc) is 2.59. The van der Waals surface area contributed by atoms with Crippen molar-refractivity contribution >= 4 is 21.6 Å². The highest BCUT2D eigenvalue weighted by atomic mass is 32.2. The van der Waals surface area contributed by atoms with Gasteiger partial charge in [0.15, 0.2) is 0 Å². The van der Waals surface area contributed by atoms with E-state index in [2.05, 4.69) is 17.4 Å². The summed E-state index contributed by atoms with van der Waals surface area (Å²) in [4.78, 5) is 12.6. The summed E-state index contributed by atoms with van der Waals surface area (Å²) in [6, 6.07) is 16.8. The molecule has 0 fully saturated rings. The summed E-state index contributed by atoms with van der Waals surface area (Å²) in [5.74, 6) is -0.272. The fraction of sp³-hybridized carbons (Fsp3) is 0.316. The smallest absolute Gasteiger partial charge is 0.253 e. The predicted octanol–water partition coefficient (Wildman–Crippen LogP) is 2.83. The number of para-hydroxylation sites is 1. The highest BCUT2D eigenvalue weighted by Crippen LogP contribution is 2.21. The molecule has 0 radical (unpaired) electrons. The lowest BCUT2D eigenvalue weighted by molar-refractivity contribution is 0.0939. The number of carbonyl (C=O) groups is 1. The molecule has 5 nitrogen and oxygen atoms in total. The first-order chi connectivity index (χ1) is 11.8. The zero-order chi connectivity index (χ0) is 18.4. The predicted molar refractivity (Wildman–Crippen MR) is 101 cm³/mol. The number of aryl methyl sites for hydroxylation is 1. The van der Waals surface area contributed by atoms with E-state index in [-0.39, 0.29) is 11.9 Å². The van der Waals surface area contributed by atoms with Gasteiger partial charge < -0.3 is 5.32 Å². The largest absolute Gasteiger partial charge is 0.350 e. The van der Waals surface area contributed by atoms with Gasteiger partial charge in [-0.15, -0.1) is 0 Å². The molecule has 0 heterocycles. The number of sulfonamides is 1. The Balaban J connectivity index is 2.05. The van der Waals surface area contributed by atoms with E-state index in [1.807, 2.05) is 25.1 Å². The van der Waals surface area contributed by atoms with Crippen molar-refractivity contribution in [3.8, 4) is 0 Å². The van der Waals surface area contributed by atoms with Crippen molar-refractivity contribution in [1.82, 2.24) is 5.32 Å². The minimum absolute atomic E-state index is 0.0238. The fourth-order valence-electron chi connectivity index (χ4n) is 2.52. The Morgan fingerprint density at radius 3 is 2.32 bits per heavy atom. The summed E-state index contributed by atoms with van der Waals surface area (Å²) < 4.78 is 24.7. The molecule has 2 aromatic rings. The number of nitrogens with one attached hydrogen (secondary N) is 1. The van der Waals surface area contributed by atoms with Crippen LogP contribution in [0, 0.1) is 0 Å². The van der Waals surface area contributed by atoms with Crippen LogP contribution in [0.2, 0.25) is 0 Å². The number of anilines is 1. The third-order valence-electron chi connectivity index (χ3n) is 4.07. The van der Waals surface area contributed by atoms with Crippen LogP contribution in [0.3, 0.4) is 0 Å². The van der Waals surface area contributed by atoms with E-state index in [9.17, 15) is 13.2 Å². The molecule has 2 aromatic carbocycles. The van der Waals surface area contributed by atoms with Gasteiger partial charge in [0.2, 0.25) is 10.0 Å². The van der Waals surface area contributed by atoms with Crippen LogP contribution in [0.4, 0.5) is 5.69 Å². The van der Waals surface area contributed by atoms with E-state index in [0.717, 1.165) is 23.4 Å². The minimum atomic E-state index is -3.43. The second-order valence-electron chi connectivity index (χ2n) is 6.15. The number of nitrogens with zero attached hydrogens (tertiary/aromatic N) is 1. The molecule has 0 aliphatic carbocycles. The zero-order valence-corrected chi connectivity index (χ0v) is 15.6. The first kappa shape index (κ1) is 19.0. The van der Waals surface area contributed by atoms with Crippen molar-refractivity contribution < 1.29 is 13.2 Å². The van der Waals surface area contributed by atoms with Crippen molar-refractivity contribution in [2.24, 2.45) is 0 Å². The lowest BCUT2D eigenvalue weighted by atomic mass is 10.1. The maximum absolute atomic E-state index is 12.6. The van der Waals surface area contributed by atoms with Gasteiger partial charge in [0, 0.05) is 13.1 Å². The van der Waals surface area contributed by atoms with Crippen molar-refractivity contribution in [1.29, 1.82) is 0 Å². The molecule has 1 N–H and O–H groups in total.